The number of rotatable bonds is 2. The Hall–Kier alpha value is -2.60. The van der Waals surface area contributed by atoms with E-state index in [1.165, 1.54) is 0 Å². The van der Waals surface area contributed by atoms with E-state index in [2.05, 4.69) is 6.07 Å². The number of nitrogens with zero attached hydrogens (tertiary/aromatic N) is 2. The Morgan fingerprint density at radius 3 is 2.26 bits per heavy atom. The van der Waals surface area contributed by atoms with E-state index in [9.17, 15) is 4.79 Å². The van der Waals surface area contributed by atoms with E-state index in [-0.39, 0.29) is 11.9 Å². The summed E-state index contributed by atoms with van der Waals surface area (Å²) in [4.78, 5) is 13.6. The third-order valence-corrected chi connectivity index (χ3v) is 3.26. The van der Waals surface area contributed by atoms with Gasteiger partial charge in [0.2, 0.25) is 0 Å². The Bertz CT molecular complexity index is 641. The molecule has 0 N–H and O–H groups in total. The lowest BCUT2D eigenvalue weighted by Gasteiger charge is -2.04. The zero-order valence-electron chi connectivity index (χ0n) is 10.3. The van der Waals surface area contributed by atoms with Crippen LogP contribution < -0.4 is 0 Å². The maximum Gasteiger partial charge on any atom is 0.255 e. The molecule has 1 aliphatic rings. The van der Waals surface area contributed by atoms with Crippen LogP contribution in [0.5, 0.6) is 0 Å². The van der Waals surface area contributed by atoms with Crippen LogP contribution in [0.4, 0.5) is 0 Å². The van der Waals surface area contributed by atoms with Gasteiger partial charge in [-0.15, -0.1) is 0 Å². The first-order chi connectivity index (χ1) is 9.29. The number of amides is 1. The number of benzene rings is 2. The molecule has 1 aliphatic heterocycles. The van der Waals surface area contributed by atoms with Crippen molar-refractivity contribution >= 4 is 5.91 Å². The molecule has 2 aromatic rings. The second kappa shape index (κ2) is 4.58. The standard InChI is InChI=1S/C16H12N2O/c17-10-15-11-18(15)16(19)14-8-6-13(7-9-14)12-4-2-1-3-5-12/h1-9,15H,11H2. The molecular formula is C16H12N2O. The highest BCUT2D eigenvalue weighted by atomic mass is 16.2. The second-order valence-corrected chi connectivity index (χ2v) is 4.55. The summed E-state index contributed by atoms with van der Waals surface area (Å²) in [7, 11) is 0. The Kier molecular flexibility index (Phi) is 2.77. The molecule has 1 saturated heterocycles. The molecule has 0 saturated carbocycles. The smallest absolute Gasteiger partial charge is 0.255 e. The molecule has 2 aromatic carbocycles. The third-order valence-electron chi connectivity index (χ3n) is 3.26. The highest BCUT2D eigenvalue weighted by Crippen LogP contribution is 2.23. The zero-order chi connectivity index (χ0) is 13.2. The first-order valence-corrected chi connectivity index (χ1v) is 6.15. The van der Waals surface area contributed by atoms with Gasteiger partial charge in [-0.2, -0.15) is 5.26 Å². The number of hydrogen-bond acceptors (Lipinski definition) is 2. The lowest BCUT2D eigenvalue weighted by molar-refractivity contribution is 0.0879. The van der Waals surface area contributed by atoms with Crippen LogP contribution in [0, 0.1) is 11.3 Å². The van der Waals surface area contributed by atoms with Crippen LogP contribution in [0.3, 0.4) is 0 Å². The van der Waals surface area contributed by atoms with Crippen molar-refractivity contribution in [3.63, 3.8) is 0 Å². The molecule has 1 amide bonds. The minimum absolute atomic E-state index is 0.0637. The van der Waals surface area contributed by atoms with Crippen molar-refractivity contribution in [2.24, 2.45) is 0 Å². The van der Waals surface area contributed by atoms with E-state index in [0.717, 1.165) is 11.1 Å². The van der Waals surface area contributed by atoms with Crippen LogP contribution >= 0.6 is 0 Å². The van der Waals surface area contributed by atoms with Crippen molar-refractivity contribution in [2.75, 3.05) is 6.54 Å². The van der Waals surface area contributed by atoms with Gasteiger partial charge in [0.05, 0.1) is 12.6 Å². The topological polar surface area (TPSA) is 43.9 Å². The Balaban J connectivity index is 1.80. The monoisotopic (exact) mass is 248 g/mol. The van der Waals surface area contributed by atoms with Crippen molar-refractivity contribution in [3.8, 4) is 17.2 Å². The molecular weight excluding hydrogens is 236 g/mol. The molecule has 92 valence electrons. The molecule has 0 radical (unpaired) electrons. The predicted octanol–water partition coefficient (Wildman–Crippen LogP) is 2.70. The normalized spacial score (nSPS) is 16.8. The summed E-state index contributed by atoms with van der Waals surface area (Å²) in [5.74, 6) is -0.0637. The number of hydrogen-bond donors (Lipinski definition) is 0. The fourth-order valence-corrected chi connectivity index (χ4v) is 2.08. The van der Waals surface area contributed by atoms with Crippen LogP contribution in [0.2, 0.25) is 0 Å². The third kappa shape index (κ3) is 2.21. The summed E-state index contributed by atoms with van der Waals surface area (Å²) >= 11 is 0. The minimum atomic E-state index is -0.235. The molecule has 0 aliphatic carbocycles. The van der Waals surface area contributed by atoms with Gasteiger partial charge in [-0.05, 0) is 23.3 Å². The van der Waals surface area contributed by atoms with E-state index >= 15 is 0 Å². The van der Waals surface area contributed by atoms with Gasteiger partial charge in [0.15, 0.2) is 0 Å². The summed E-state index contributed by atoms with van der Waals surface area (Å²) in [6.07, 6.45) is 0. The first kappa shape index (κ1) is 11.5. The van der Waals surface area contributed by atoms with Crippen LogP contribution in [-0.2, 0) is 0 Å². The quantitative estimate of drug-likeness (QED) is 0.767. The number of carbonyl (C=O) groups excluding carboxylic acids is 1. The van der Waals surface area contributed by atoms with Crippen molar-refractivity contribution in [1.29, 1.82) is 5.26 Å². The van der Waals surface area contributed by atoms with Crippen LogP contribution in [0.15, 0.2) is 54.6 Å². The van der Waals surface area contributed by atoms with E-state index in [4.69, 9.17) is 5.26 Å². The van der Waals surface area contributed by atoms with Crippen LogP contribution in [0.25, 0.3) is 11.1 Å². The van der Waals surface area contributed by atoms with Gasteiger partial charge in [-0.1, -0.05) is 42.5 Å². The van der Waals surface area contributed by atoms with Gasteiger partial charge >= 0.3 is 0 Å². The molecule has 3 heteroatoms. The van der Waals surface area contributed by atoms with Crippen molar-refractivity contribution in [1.82, 2.24) is 4.90 Å². The van der Waals surface area contributed by atoms with Gasteiger partial charge in [0.1, 0.15) is 6.04 Å². The Labute approximate surface area is 111 Å². The van der Waals surface area contributed by atoms with E-state index in [1.807, 2.05) is 54.6 Å². The first-order valence-electron chi connectivity index (χ1n) is 6.15. The summed E-state index contributed by atoms with van der Waals surface area (Å²) in [6, 6.07) is 19.4. The van der Waals surface area contributed by atoms with E-state index in [0.29, 0.717) is 12.1 Å². The molecule has 3 rings (SSSR count). The molecule has 0 aromatic heterocycles. The minimum Gasteiger partial charge on any atom is -0.318 e. The average Bonchev–Trinajstić information content (AvgIpc) is 3.27. The van der Waals surface area contributed by atoms with Crippen molar-refractivity contribution < 1.29 is 4.79 Å². The van der Waals surface area contributed by atoms with Gasteiger partial charge in [-0.25, -0.2) is 0 Å². The van der Waals surface area contributed by atoms with Crippen LogP contribution in [-0.4, -0.2) is 23.4 Å². The fraction of sp³-hybridized carbons (Fsp3) is 0.125. The summed E-state index contributed by atoms with van der Waals surface area (Å²) in [5.41, 5.74) is 2.85. The molecule has 0 bridgehead atoms. The second-order valence-electron chi connectivity index (χ2n) is 4.55. The lowest BCUT2D eigenvalue weighted by atomic mass is 10.0. The molecule has 3 nitrogen and oxygen atoms in total. The largest absolute Gasteiger partial charge is 0.318 e. The maximum absolute atomic E-state index is 12.0. The number of carbonyl (C=O) groups is 1. The Morgan fingerprint density at radius 2 is 1.68 bits per heavy atom. The van der Waals surface area contributed by atoms with Gasteiger partial charge in [-0.3, -0.25) is 4.79 Å². The lowest BCUT2D eigenvalue weighted by Crippen LogP contribution is -2.12. The average molecular weight is 248 g/mol. The van der Waals surface area contributed by atoms with E-state index < -0.39 is 0 Å². The van der Waals surface area contributed by atoms with Crippen molar-refractivity contribution in [2.45, 2.75) is 6.04 Å². The predicted molar refractivity (Wildman–Crippen MR) is 72.3 cm³/mol. The molecule has 1 unspecified atom stereocenters. The van der Waals surface area contributed by atoms with Gasteiger partial charge < -0.3 is 4.90 Å². The van der Waals surface area contributed by atoms with E-state index in [1.54, 1.807) is 4.90 Å². The van der Waals surface area contributed by atoms with Crippen LogP contribution in [0.1, 0.15) is 10.4 Å². The molecule has 1 heterocycles. The molecule has 1 atom stereocenters. The Morgan fingerprint density at radius 1 is 1.05 bits per heavy atom. The molecule has 1 fully saturated rings. The summed E-state index contributed by atoms with van der Waals surface area (Å²) < 4.78 is 0. The van der Waals surface area contributed by atoms with Gasteiger partial charge in [0.25, 0.3) is 5.91 Å². The SMILES string of the molecule is N#CC1CN1C(=O)c1ccc(-c2ccccc2)cc1. The highest BCUT2D eigenvalue weighted by molar-refractivity contribution is 5.96. The van der Waals surface area contributed by atoms with Crippen molar-refractivity contribution in [3.05, 3.63) is 60.2 Å². The summed E-state index contributed by atoms with van der Waals surface area (Å²) in [6.45, 7) is 0.551. The zero-order valence-corrected chi connectivity index (χ0v) is 10.3. The highest BCUT2D eigenvalue weighted by Gasteiger charge is 2.38. The van der Waals surface area contributed by atoms with Gasteiger partial charge in [0, 0.05) is 5.56 Å². The fourth-order valence-electron chi connectivity index (χ4n) is 2.08. The maximum atomic E-state index is 12.0. The summed E-state index contributed by atoms with van der Waals surface area (Å²) in [5, 5.41) is 8.72. The molecule has 0 spiro atoms. The molecule has 19 heavy (non-hydrogen) atoms. The number of nitriles is 1.